The van der Waals surface area contributed by atoms with Crippen molar-refractivity contribution in [2.75, 3.05) is 6.54 Å². The standard InChI is InChI=1S/C24H26N2O4/c1-16-5-9-19(10-6-16)23-25-21(17(2)30-23)15-29-20-11-7-18(8-12-20)14-26-13-3-4-22(26)24(27)28/h5-12,22H,3-4,13-15H2,1-2H3,(H,27,28)/t22-/m1/s1. The molecule has 156 valence electrons. The highest BCUT2D eigenvalue weighted by molar-refractivity contribution is 5.73. The van der Waals surface area contributed by atoms with Gasteiger partial charge in [0.25, 0.3) is 0 Å². The maximum absolute atomic E-state index is 11.3. The summed E-state index contributed by atoms with van der Waals surface area (Å²) in [6.07, 6.45) is 1.65. The van der Waals surface area contributed by atoms with Crippen LogP contribution in [0.15, 0.2) is 52.9 Å². The van der Waals surface area contributed by atoms with Crippen LogP contribution < -0.4 is 4.74 Å². The molecule has 1 saturated heterocycles. The van der Waals surface area contributed by atoms with E-state index in [1.807, 2.05) is 67.3 Å². The van der Waals surface area contributed by atoms with E-state index in [0.717, 1.165) is 47.7 Å². The van der Waals surface area contributed by atoms with Gasteiger partial charge in [-0.25, -0.2) is 4.98 Å². The fourth-order valence-electron chi connectivity index (χ4n) is 3.75. The molecule has 0 radical (unpaired) electrons. The first-order chi connectivity index (χ1) is 14.5. The van der Waals surface area contributed by atoms with Crippen LogP contribution in [0.2, 0.25) is 0 Å². The number of nitrogens with zero attached hydrogens (tertiary/aromatic N) is 2. The Morgan fingerprint density at radius 1 is 1.17 bits per heavy atom. The fourth-order valence-corrected chi connectivity index (χ4v) is 3.75. The molecule has 0 amide bonds. The number of carbonyl (C=O) groups is 1. The maximum atomic E-state index is 11.3. The van der Waals surface area contributed by atoms with Gasteiger partial charge >= 0.3 is 5.97 Å². The van der Waals surface area contributed by atoms with Crippen LogP contribution in [0.25, 0.3) is 11.5 Å². The first kappa shape index (κ1) is 20.2. The minimum Gasteiger partial charge on any atom is -0.487 e. The highest BCUT2D eigenvalue weighted by atomic mass is 16.5. The van der Waals surface area contributed by atoms with Crippen molar-refractivity contribution in [2.45, 2.75) is 45.9 Å². The van der Waals surface area contributed by atoms with Crippen molar-refractivity contribution >= 4 is 5.97 Å². The number of carboxylic acids is 1. The zero-order valence-electron chi connectivity index (χ0n) is 17.3. The van der Waals surface area contributed by atoms with Gasteiger partial charge in [-0.3, -0.25) is 9.69 Å². The Labute approximate surface area is 176 Å². The van der Waals surface area contributed by atoms with E-state index in [9.17, 15) is 9.90 Å². The number of oxazole rings is 1. The first-order valence-corrected chi connectivity index (χ1v) is 10.2. The SMILES string of the molecule is Cc1ccc(-c2nc(COc3ccc(CN4CCC[C@@H]4C(=O)O)cc3)c(C)o2)cc1. The molecule has 1 fully saturated rings. The van der Waals surface area contributed by atoms with E-state index in [4.69, 9.17) is 9.15 Å². The third-order valence-corrected chi connectivity index (χ3v) is 5.52. The van der Waals surface area contributed by atoms with Gasteiger partial charge in [0.05, 0.1) is 0 Å². The molecule has 6 heteroatoms. The number of hydrogen-bond donors (Lipinski definition) is 1. The van der Waals surface area contributed by atoms with Crippen molar-refractivity contribution in [1.29, 1.82) is 0 Å². The summed E-state index contributed by atoms with van der Waals surface area (Å²) in [4.78, 5) is 17.9. The predicted molar refractivity (Wildman–Crippen MR) is 113 cm³/mol. The van der Waals surface area contributed by atoms with Crippen molar-refractivity contribution in [2.24, 2.45) is 0 Å². The van der Waals surface area contributed by atoms with Gasteiger partial charge in [-0.1, -0.05) is 29.8 Å². The predicted octanol–water partition coefficient (Wildman–Crippen LogP) is 4.59. The summed E-state index contributed by atoms with van der Waals surface area (Å²) >= 11 is 0. The summed E-state index contributed by atoms with van der Waals surface area (Å²) in [6, 6.07) is 15.5. The summed E-state index contributed by atoms with van der Waals surface area (Å²) in [5.74, 6) is 1.35. The second-order valence-electron chi connectivity index (χ2n) is 7.79. The topological polar surface area (TPSA) is 75.8 Å². The number of likely N-dealkylation sites (tertiary alicyclic amines) is 1. The second kappa shape index (κ2) is 8.71. The van der Waals surface area contributed by atoms with Crippen LogP contribution in [0.3, 0.4) is 0 Å². The molecule has 2 heterocycles. The molecule has 1 aliphatic heterocycles. The highest BCUT2D eigenvalue weighted by Crippen LogP contribution is 2.24. The monoisotopic (exact) mass is 406 g/mol. The molecule has 6 nitrogen and oxygen atoms in total. The van der Waals surface area contributed by atoms with Crippen molar-refractivity contribution in [3.8, 4) is 17.2 Å². The summed E-state index contributed by atoms with van der Waals surface area (Å²) in [6.45, 7) is 5.73. The Morgan fingerprint density at radius 3 is 2.60 bits per heavy atom. The Balaban J connectivity index is 1.36. The minimum absolute atomic E-state index is 0.327. The average molecular weight is 406 g/mol. The van der Waals surface area contributed by atoms with E-state index >= 15 is 0 Å². The van der Waals surface area contributed by atoms with E-state index < -0.39 is 5.97 Å². The van der Waals surface area contributed by atoms with Gasteiger partial charge in [-0.05, 0) is 63.1 Å². The molecule has 0 saturated carbocycles. The lowest BCUT2D eigenvalue weighted by Crippen LogP contribution is -2.35. The molecule has 0 bridgehead atoms. The quantitative estimate of drug-likeness (QED) is 0.619. The van der Waals surface area contributed by atoms with E-state index in [0.29, 0.717) is 19.0 Å². The van der Waals surface area contributed by atoms with Crippen LogP contribution in [0.1, 0.15) is 35.4 Å². The third-order valence-electron chi connectivity index (χ3n) is 5.52. The largest absolute Gasteiger partial charge is 0.487 e. The number of hydrogen-bond acceptors (Lipinski definition) is 5. The average Bonchev–Trinajstić information content (AvgIpc) is 3.35. The Bertz CT molecular complexity index is 1010. The smallest absolute Gasteiger partial charge is 0.320 e. The summed E-state index contributed by atoms with van der Waals surface area (Å²) < 4.78 is 11.7. The van der Waals surface area contributed by atoms with Crippen molar-refractivity contribution in [3.63, 3.8) is 0 Å². The molecule has 0 aliphatic carbocycles. The molecule has 1 aromatic heterocycles. The van der Waals surface area contributed by atoms with Gasteiger partial charge in [0.15, 0.2) is 0 Å². The van der Waals surface area contributed by atoms with Gasteiger partial charge in [0, 0.05) is 12.1 Å². The van der Waals surface area contributed by atoms with Crippen molar-refractivity contribution in [3.05, 3.63) is 71.1 Å². The fraction of sp³-hybridized carbons (Fsp3) is 0.333. The van der Waals surface area contributed by atoms with Crippen LogP contribution in [-0.2, 0) is 17.9 Å². The minimum atomic E-state index is -0.736. The zero-order chi connectivity index (χ0) is 21.1. The lowest BCUT2D eigenvalue weighted by Gasteiger charge is -2.21. The second-order valence-corrected chi connectivity index (χ2v) is 7.79. The number of benzene rings is 2. The van der Waals surface area contributed by atoms with Gasteiger partial charge in [0.1, 0.15) is 29.9 Å². The molecule has 1 N–H and O–H groups in total. The van der Waals surface area contributed by atoms with Crippen molar-refractivity contribution < 1.29 is 19.1 Å². The van der Waals surface area contributed by atoms with Gasteiger partial charge in [-0.15, -0.1) is 0 Å². The Hall–Kier alpha value is -3.12. The van der Waals surface area contributed by atoms with E-state index in [-0.39, 0.29) is 6.04 Å². The van der Waals surface area contributed by atoms with E-state index in [1.54, 1.807) is 0 Å². The molecule has 3 aromatic rings. The van der Waals surface area contributed by atoms with Gasteiger partial charge < -0.3 is 14.3 Å². The van der Waals surface area contributed by atoms with Crippen LogP contribution in [0, 0.1) is 13.8 Å². The molecule has 4 rings (SSSR count). The van der Waals surface area contributed by atoms with Crippen LogP contribution in [0.4, 0.5) is 0 Å². The summed E-state index contributed by atoms with van der Waals surface area (Å²) in [7, 11) is 0. The normalized spacial score (nSPS) is 16.7. The molecule has 0 unspecified atom stereocenters. The van der Waals surface area contributed by atoms with Crippen LogP contribution >= 0.6 is 0 Å². The van der Waals surface area contributed by atoms with E-state index in [1.165, 1.54) is 5.56 Å². The molecule has 1 aliphatic rings. The van der Waals surface area contributed by atoms with E-state index in [2.05, 4.69) is 4.98 Å². The van der Waals surface area contributed by atoms with Gasteiger partial charge in [-0.2, -0.15) is 0 Å². The third kappa shape index (κ3) is 4.54. The first-order valence-electron chi connectivity index (χ1n) is 10.2. The molecular formula is C24H26N2O4. The number of ether oxygens (including phenoxy) is 1. The van der Waals surface area contributed by atoms with Crippen LogP contribution in [-0.4, -0.2) is 33.5 Å². The van der Waals surface area contributed by atoms with Crippen molar-refractivity contribution in [1.82, 2.24) is 9.88 Å². The van der Waals surface area contributed by atoms with Gasteiger partial charge in [0.2, 0.25) is 5.89 Å². The number of aryl methyl sites for hydroxylation is 2. The maximum Gasteiger partial charge on any atom is 0.320 e. The Kier molecular flexibility index (Phi) is 5.86. The molecular weight excluding hydrogens is 380 g/mol. The summed E-state index contributed by atoms with van der Waals surface area (Å²) in [5.41, 5.74) is 3.99. The zero-order valence-corrected chi connectivity index (χ0v) is 17.3. The molecule has 2 aromatic carbocycles. The lowest BCUT2D eigenvalue weighted by atomic mass is 10.1. The number of aromatic nitrogens is 1. The lowest BCUT2D eigenvalue weighted by molar-refractivity contribution is -0.142. The molecule has 0 spiro atoms. The van der Waals surface area contributed by atoms with Crippen LogP contribution in [0.5, 0.6) is 5.75 Å². The summed E-state index contributed by atoms with van der Waals surface area (Å²) in [5, 5.41) is 9.32. The highest BCUT2D eigenvalue weighted by Gasteiger charge is 2.30. The number of rotatable bonds is 7. The number of aliphatic carboxylic acids is 1. The number of carboxylic acid groups (broad SMARTS) is 1. The Morgan fingerprint density at radius 2 is 1.90 bits per heavy atom. The molecule has 30 heavy (non-hydrogen) atoms. The molecule has 1 atom stereocenters.